The second kappa shape index (κ2) is 19.8. The number of nitrogens with zero attached hydrogens (tertiary/aromatic N) is 1. The van der Waals surface area contributed by atoms with Crippen LogP contribution in [0.2, 0.25) is 0 Å². The van der Waals surface area contributed by atoms with E-state index in [0.717, 1.165) is 62.4 Å². The van der Waals surface area contributed by atoms with Crippen molar-refractivity contribution in [3.05, 3.63) is 38.7 Å². The predicted molar refractivity (Wildman–Crippen MR) is 181 cm³/mol. The Balaban J connectivity index is 0.00000345. The lowest BCUT2D eigenvalue weighted by Crippen LogP contribution is -2.33. The number of nitrogens with one attached hydrogen (secondary N) is 2. The molecule has 1 saturated heterocycles. The number of carbonyl (C=O) groups excluding carboxylic acids is 4. The highest BCUT2D eigenvalue weighted by Crippen LogP contribution is 2.52. The number of aromatic amines is 1. The van der Waals surface area contributed by atoms with E-state index in [1.807, 2.05) is 0 Å². The number of rotatable bonds is 19. The van der Waals surface area contributed by atoms with Gasteiger partial charge < -0.3 is 29.4 Å². The van der Waals surface area contributed by atoms with Gasteiger partial charge in [0.2, 0.25) is 7.34 Å². The first kappa shape index (κ1) is 36.3. The molecule has 49 heavy (non-hydrogen) atoms. The molecule has 2 fully saturated rings. The van der Waals surface area contributed by atoms with E-state index in [1.54, 1.807) is 0 Å². The van der Waals surface area contributed by atoms with Crippen molar-refractivity contribution in [1.82, 2.24) is 14.9 Å². The minimum Gasteiger partial charge on any atom is -0.465 e. The van der Waals surface area contributed by atoms with Crippen LogP contribution in [-0.2, 0) is 33.4 Å². The largest absolute Gasteiger partial charge is 0.465 e. The summed E-state index contributed by atoms with van der Waals surface area (Å²) in [5.41, 5.74) is -1.43. The summed E-state index contributed by atoms with van der Waals surface area (Å²) < 4.78 is 30.7. The average molecular weight is 689 g/mol. The number of aliphatic hydroxyl groups excluding tert-OH is 1. The van der Waals surface area contributed by atoms with E-state index in [1.165, 1.54) is 32.7 Å². The van der Waals surface area contributed by atoms with Gasteiger partial charge in [-0.25, -0.2) is 4.79 Å². The summed E-state index contributed by atoms with van der Waals surface area (Å²) in [4.78, 5) is 75.1. The van der Waals surface area contributed by atoms with Gasteiger partial charge in [-0.15, -0.1) is 11.8 Å². The quantitative estimate of drug-likeness (QED) is 0.0845. The van der Waals surface area contributed by atoms with Crippen LogP contribution in [0.4, 0.5) is 0 Å². The molecule has 1 aliphatic heterocycles. The van der Waals surface area contributed by atoms with Gasteiger partial charge in [0.25, 0.3) is 5.56 Å². The maximum absolute atomic E-state index is 12.6. The SMILES string of the molecule is [2H]OC[C@H]1O[C@@H](n2cc(/C=C/C(=O)NCCCCCCCC(=O)OCC3[C@H]4CCC#CCC[C@@H]34)c(=O)[nH]c2=O)CC1OC(=O)CCC(C)=O.[3H]C. The molecule has 1 aromatic rings. The smallest absolute Gasteiger partial charge is 0.330 e. The molecule has 1 saturated carbocycles. The van der Waals surface area contributed by atoms with E-state index in [4.69, 9.17) is 17.0 Å². The van der Waals surface area contributed by atoms with Gasteiger partial charge in [0.15, 0.2) is 0 Å². The van der Waals surface area contributed by atoms with Crippen molar-refractivity contribution in [3.8, 4) is 11.8 Å². The molecule has 13 heteroatoms. The summed E-state index contributed by atoms with van der Waals surface area (Å²) in [5, 5.41) is 7.20. The number of aliphatic hydroxyl groups is 1. The number of ether oxygens (including phenoxy) is 3. The first-order valence-corrected chi connectivity index (χ1v) is 17.0. The van der Waals surface area contributed by atoms with Crippen LogP contribution in [0.25, 0.3) is 6.08 Å². The molecular weight excluding hydrogens is 634 g/mol. The lowest BCUT2D eigenvalue weighted by Gasteiger charge is -2.16. The van der Waals surface area contributed by atoms with Crippen molar-refractivity contribution in [2.45, 2.75) is 116 Å². The number of carbonyl (C=O) groups is 4. The molecule has 0 spiro atoms. The lowest BCUT2D eigenvalue weighted by molar-refractivity contribution is -0.154. The van der Waals surface area contributed by atoms with Crippen LogP contribution in [-0.4, -0.2) is 71.7 Å². The van der Waals surface area contributed by atoms with Crippen molar-refractivity contribution in [1.29, 1.82) is 1.43 Å². The molecule has 0 aromatic carbocycles. The van der Waals surface area contributed by atoms with Crippen molar-refractivity contribution < 1.29 is 39.9 Å². The molecule has 270 valence electrons. The second-order valence-electron chi connectivity index (χ2n) is 12.8. The molecule has 4 rings (SSSR count). The zero-order chi connectivity index (χ0) is 37.2. The standard InChI is InChI=1S/C35H47N3O10.CH4/c1-23(40)14-17-33(43)48-28-19-31(47-29(28)21-39)38-20-24(34(44)37-35(38)45)15-16-30(41)36-18-10-6-2-3-9-13-32(42)46-22-27-25-11-7-4-5-8-12-26(25)27;/h15-16,20,25-29,31,39H,2-3,6-14,17-19,21-22H2,1H3,(H,36,41)(H,37,44,45);1H4/b16-15+;/t25-,26+,27?,28?,29-,31-;/m1./s1/i39D;1T. The molecule has 2 aliphatic carbocycles. The van der Waals surface area contributed by atoms with Gasteiger partial charge >= 0.3 is 17.6 Å². The highest BCUT2D eigenvalue weighted by atomic mass is 16.6. The fourth-order valence-corrected chi connectivity index (χ4v) is 6.39. The van der Waals surface area contributed by atoms with E-state index in [-0.39, 0.29) is 43.2 Å². The number of hydrogen-bond acceptors (Lipinski definition) is 10. The molecule has 6 atom stereocenters. The summed E-state index contributed by atoms with van der Waals surface area (Å²) in [7, 11) is 1.25. The summed E-state index contributed by atoms with van der Waals surface area (Å²) in [6.45, 7) is 2.10. The van der Waals surface area contributed by atoms with Crippen molar-refractivity contribution in [2.24, 2.45) is 17.8 Å². The van der Waals surface area contributed by atoms with E-state index in [2.05, 4.69) is 27.3 Å². The van der Waals surface area contributed by atoms with E-state index >= 15 is 0 Å². The molecule has 3 aliphatic rings. The molecule has 2 unspecified atom stereocenters. The monoisotopic (exact) mass is 688 g/mol. The second-order valence-corrected chi connectivity index (χ2v) is 12.8. The van der Waals surface area contributed by atoms with E-state index in [0.29, 0.717) is 37.3 Å². The average Bonchev–Trinajstić information content (AvgIpc) is 3.58. The number of esters is 2. The van der Waals surface area contributed by atoms with Crippen molar-refractivity contribution >= 4 is 29.7 Å². The number of H-pyrrole nitrogens is 1. The molecule has 1 aromatic heterocycles. The Kier molecular flexibility index (Phi) is 14.7. The third kappa shape index (κ3) is 12.4. The van der Waals surface area contributed by atoms with Crippen LogP contribution in [0, 0.1) is 29.6 Å². The summed E-state index contributed by atoms with van der Waals surface area (Å²) in [5.74, 6) is 6.91. The van der Waals surface area contributed by atoms with Crippen molar-refractivity contribution in [3.63, 3.8) is 0 Å². The van der Waals surface area contributed by atoms with Gasteiger partial charge in [0.05, 0.1) is 25.2 Å². The molecule has 0 bridgehead atoms. The summed E-state index contributed by atoms with van der Waals surface area (Å²) >= 11 is 0. The zero-order valence-corrected chi connectivity index (χ0v) is 28.5. The number of ketones is 1. The Morgan fingerprint density at radius 2 is 1.82 bits per heavy atom. The number of Topliss-reactive ketones (excluding diaryl/α,β-unsaturated/α-hetero) is 1. The minimum absolute atomic E-state index is 0.0236. The fraction of sp³-hybridized carbons (Fsp3) is 0.667. The Hall–Kier alpha value is -4.02. The van der Waals surface area contributed by atoms with Crippen LogP contribution >= 0.6 is 0 Å². The maximum Gasteiger partial charge on any atom is 0.330 e. The van der Waals surface area contributed by atoms with Crippen molar-refractivity contribution in [2.75, 3.05) is 19.8 Å². The van der Waals surface area contributed by atoms with Gasteiger partial charge in [0.1, 0.15) is 24.2 Å². The Bertz CT molecular complexity index is 1510. The minimum atomic E-state index is -0.945. The number of hydrogen-bond donors (Lipinski definition) is 3. The first-order valence-electron chi connectivity index (χ1n) is 18.4. The highest BCUT2D eigenvalue weighted by molar-refractivity contribution is 5.91. The van der Waals surface area contributed by atoms with Crippen LogP contribution in [0.5, 0.6) is 0 Å². The first-order chi connectivity index (χ1) is 24.7. The third-order valence-electron chi connectivity index (χ3n) is 9.16. The fourth-order valence-electron chi connectivity index (χ4n) is 6.39. The summed E-state index contributed by atoms with van der Waals surface area (Å²) in [6.07, 6.45) is 9.83. The number of fused-ring (bicyclic) bond motifs is 1. The maximum atomic E-state index is 12.6. The molecule has 2 heterocycles. The molecule has 0 radical (unpaired) electrons. The van der Waals surface area contributed by atoms with Gasteiger partial charge in [-0.1, -0.05) is 26.7 Å². The van der Waals surface area contributed by atoms with Crippen LogP contribution < -0.4 is 16.6 Å². The third-order valence-corrected chi connectivity index (χ3v) is 9.16. The topological polar surface area (TPSA) is 183 Å². The van der Waals surface area contributed by atoms with Crippen LogP contribution in [0.15, 0.2) is 21.9 Å². The number of unbranched alkanes of at least 4 members (excludes halogenated alkanes) is 4. The molecular formula is C36H51N3O10. The number of amides is 1. The zero-order valence-electron chi connectivity index (χ0n) is 30.5. The number of aromatic nitrogens is 2. The molecule has 1 amide bonds. The highest BCUT2D eigenvalue weighted by Gasteiger charge is 2.49. The Labute approximate surface area is 290 Å². The lowest BCUT2D eigenvalue weighted by atomic mass is 10.1. The van der Waals surface area contributed by atoms with Crippen LogP contribution in [0.1, 0.15) is 111 Å². The van der Waals surface area contributed by atoms with E-state index < -0.39 is 41.6 Å². The Morgan fingerprint density at radius 1 is 1.10 bits per heavy atom. The van der Waals surface area contributed by atoms with E-state index in [9.17, 15) is 28.8 Å². The van der Waals surface area contributed by atoms with Gasteiger partial charge in [-0.3, -0.25) is 28.7 Å². The Morgan fingerprint density at radius 3 is 2.53 bits per heavy atom. The summed E-state index contributed by atoms with van der Waals surface area (Å²) in [6, 6.07) is 0. The predicted octanol–water partition coefficient (Wildman–Crippen LogP) is 3.19. The molecule has 13 nitrogen and oxygen atoms in total. The van der Waals surface area contributed by atoms with Gasteiger partial charge in [0, 0.05) is 52.3 Å². The molecule has 3 N–H and O–H groups in total. The van der Waals surface area contributed by atoms with Crippen LogP contribution in [0.3, 0.4) is 0 Å². The van der Waals surface area contributed by atoms with Gasteiger partial charge in [-0.2, -0.15) is 0 Å². The van der Waals surface area contributed by atoms with Gasteiger partial charge in [-0.05, 0) is 56.4 Å². The normalized spacial score (nSPS) is 24.4.